The van der Waals surface area contributed by atoms with Crippen LogP contribution in [0.3, 0.4) is 0 Å². The SMILES string of the molecule is C=CCCC(NN)C1CSCCO1. The molecule has 1 fully saturated rings. The van der Waals surface area contributed by atoms with Crippen molar-refractivity contribution in [3.8, 4) is 0 Å². The Morgan fingerprint density at radius 2 is 2.62 bits per heavy atom. The second-order valence-electron chi connectivity index (χ2n) is 3.12. The van der Waals surface area contributed by atoms with E-state index in [0.29, 0.717) is 0 Å². The summed E-state index contributed by atoms with van der Waals surface area (Å²) in [5, 5.41) is 0. The molecule has 1 saturated heterocycles. The highest BCUT2D eigenvalue weighted by Gasteiger charge is 2.22. The van der Waals surface area contributed by atoms with E-state index >= 15 is 0 Å². The number of rotatable bonds is 5. The van der Waals surface area contributed by atoms with Gasteiger partial charge in [0.1, 0.15) is 0 Å². The summed E-state index contributed by atoms with van der Waals surface area (Å²) in [6.45, 7) is 4.55. The van der Waals surface area contributed by atoms with E-state index in [9.17, 15) is 0 Å². The molecule has 1 aliphatic heterocycles. The van der Waals surface area contributed by atoms with Crippen LogP contribution in [0.15, 0.2) is 12.7 Å². The third-order valence-corrected chi connectivity index (χ3v) is 3.21. The van der Waals surface area contributed by atoms with Crippen molar-refractivity contribution >= 4 is 11.8 Å². The lowest BCUT2D eigenvalue weighted by atomic mass is 10.1. The Hall–Kier alpha value is -0.0300. The average molecular weight is 202 g/mol. The molecule has 4 heteroatoms. The molecule has 0 spiro atoms. The van der Waals surface area contributed by atoms with Crippen LogP contribution in [0.1, 0.15) is 12.8 Å². The van der Waals surface area contributed by atoms with Crippen LogP contribution in [0.4, 0.5) is 0 Å². The van der Waals surface area contributed by atoms with Crippen molar-refractivity contribution in [3.63, 3.8) is 0 Å². The summed E-state index contributed by atoms with van der Waals surface area (Å²) in [5.74, 6) is 7.62. The number of hydrazine groups is 1. The molecule has 1 rings (SSSR count). The maximum atomic E-state index is 5.63. The quantitative estimate of drug-likeness (QED) is 0.395. The van der Waals surface area contributed by atoms with Gasteiger partial charge in [0.05, 0.1) is 12.7 Å². The highest BCUT2D eigenvalue weighted by molar-refractivity contribution is 7.99. The highest BCUT2D eigenvalue weighted by Crippen LogP contribution is 2.17. The Bertz CT molecular complexity index is 149. The predicted octanol–water partition coefficient (Wildman–Crippen LogP) is 0.917. The highest BCUT2D eigenvalue weighted by atomic mass is 32.2. The van der Waals surface area contributed by atoms with Gasteiger partial charge in [0, 0.05) is 17.5 Å². The lowest BCUT2D eigenvalue weighted by Crippen LogP contribution is -2.47. The van der Waals surface area contributed by atoms with Crippen LogP contribution in [-0.4, -0.2) is 30.3 Å². The number of hydrogen-bond donors (Lipinski definition) is 2. The lowest BCUT2D eigenvalue weighted by molar-refractivity contribution is 0.0451. The molecule has 0 saturated carbocycles. The Kier molecular flexibility index (Phi) is 5.46. The van der Waals surface area contributed by atoms with Crippen LogP contribution < -0.4 is 11.3 Å². The summed E-state index contributed by atoms with van der Waals surface area (Å²) >= 11 is 1.93. The van der Waals surface area contributed by atoms with Gasteiger partial charge in [-0.3, -0.25) is 11.3 Å². The molecule has 13 heavy (non-hydrogen) atoms. The Labute approximate surface area is 84.1 Å². The maximum Gasteiger partial charge on any atom is 0.0832 e. The van der Waals surface area contributed by atoms with Gasteiger partial charge in [-0.25, -0.2) is 0 Å². The molecule has 0 aliphatic carbocycles. The largest absolute Gasteiger partial charge is 0.375 e. The predicted molar refractivity (Wildman–Crippen MR) is 57.6 cm³/mol. The molecule has 1 aliphatic rings. The number of allylic oxidation sites excluding steroid dienone is 1. The van der Waals surface area contributed by atoms with E-state index in [4.69, 9.17) is 10.6 Å². The van der Waals surface area contributed by atoms with Crippen LogP contribution in [0, 0.1) is 0 Å². The Morgan fingerprint density at radius 3 is 3.15 bits per heavy atom. The van der Waals surface area contributed by atoms with Crippen LogP contribution >= 0.6 is 11.8 Å². The van der Waals surface area contributed by atoms with Gasteiger partial charge in [-0.05, 0) is 12.8 Å². The molecule has 0 aromatic rings. The molecule has 0 radical (unpaired) electrons. The number of nitrogens with two attached hydrogens (primary N) is 1. The molecule has 3 N–H and O–H groups in total. The Balaban J connectivity index is 2.29. The first-order chi connectivity index (χ1) is 6.38. The van der Waals surface area contributed by atoms with Gasteiger partial charge in [-0.15, -0.1) is 6.58 Å². The minimum Gasteiger partial charge on any atom is -0.375 e. The molecule has 0 bridgehead atoms. The van der Waals surface area contributed by atoms with Crippen molar-refractivity contribution in [2.45, 2.75) is 25.0 Å². The summed E-state index contributed by atoms with van der Waals surface area (Å²) in [6, 6.07) is 0.269. The number of nitrogens with one attached hydrogen (secondary N) is 1. The summed E-state index contributed by atoms with van der Waals surface area (Å²) in [6.07, 6.45) is 4.17. The fourth-order valence-corrected chi connectivity index (χ4v) is 2.35. The third kappa shape index (κ3) is 3.68. The van der Waals surface area contributed by atoms with Crippen molar-refractivity contribution in [1.29, 1.82) is 0 Å². The molecule has 2 unspecified atom stereocenters. The minimum atomic E-state index is 0.267. The second-order valence-corrected chi connectivity index (χ2v) is 4.27. The fraction of sp³-hybridized carbons (Fsp3) is 0.778. The van der Waals surface area contributed by atoms with Gasteiger partial charge in [0.2, 0.25) is 0 Å². The number of ether oxygens (including phenoxy) is 1. The monoisotopic (exact) mass is 202 g/mol. The van der Waals surface area contributed by atoms with Gasteiger partial charge < -0.3 is 4.74 Å². The van der Waals surface area contributed by atoms with Crippen molar-refractivity contribution in [2.24, 2.45) is 5.84 Å². The fourth-order valence-electron chi connectivity index (χ4n) is 1.41. The average Bonchev–Trinajstić information content (AvgIpc) is 2.21. The molecule has 0 amide bonds. The van der Waals surface area contributed by atoms with Gasteiger partial charge in [-0.2, -0.15) is 11.8 Å². The summed E-state index contributed by atoms with van der Waals surface area (Å²) in [5.41, 5.74) is 2.82. The molecular formula is C9H18N2OS. The number of hydrogen-bond acceptors (Lipinski definition) is 4. The van der Waals surface area contributed by atoms with E-state index < -0.39 is 0 Å². The molecule has 2 atom stereocenters. The minimum absolute atomic E-state index is 0.267. The first kappa shape index (κ1) is 11.0. The van der Waals surface area contributed by atoms with Gasteiger partial charge >= 0.3 is 0 Å². The van der Waals surface area contributed by atoms with Crippen molar-refractivity contribution in [1.82, 2.24) is 5.43 Å². The van der Waals surface area contributed by atoms with Gasteiger partial charge in [0.15, 0.2) is 0 Å². The van der Waals surface area contributed by atoms with Crippen molar-refractivity contribution < 1.29 is 4.74 Å². The number of thioether (sulfide) groups is 1. The van der Waals surface area contributed by atoms with Crippen LogP contribution in [0.25, 0.3) is 0 Å². The first-order valence-electron chi connectivity index (χ1n) is 4.65. The molecule has 0 aromatic heterocycles. The molecular weight excluding hydrogens is 184 g/mol. The van der Waals surface area contributed by atoms with Gasteiger partial charge in [0.25, 0.3) is 0 Å². The van der Waals surface area contributed by atoms with Crippen LogP contribution in [-0.2, 0) is 4.74 Å². The zero-order chi connectivity index (χ0) is 9.52. The third-order valence-electron chi connectivity index (χ3n) is 2.19. The van der Waals surface area contributed by atoms with E-state index in [1.807, 2.05) is 17.8 Å². The van der Waals surface area contributed by atoms with Crippen molar-refractivity contribution in [3.05, 3.63) is 12.7 Å². The standard InChI is InChI=1S/C9H18N2OS/c1-2-3-4-8(11-10)9-7-13-6-5-12-9/h2,8-9,11H,1,3-7,10H2. The van der Waals surface area contributed by atoms with Gasteiger partial charge in [-0.1, -0.05) is 6.08 Å². The lowest BCUT2D eigenvalue weighted by Gasteiger charge is -2.29. The van der Waals surface area contributed by atoms with Crippen molar-refractivity contribution in [2.75, 3.05) is 18.1 Å². The smallest absolute Gasteiger partial charge is 0.0832 e. The zero-order valence-corrected chi connectivity index (χ0v) is 8.69. The summed E-state index contributed by atoms with van der Waals surface area (Å²) in [7, 11) is 0. The Morgan fingerprint density at radius 1 is 1.77 bits per heavy atom. The molecule has 76 valence electrons. The maximum absolute atomic E-state index is 5.63. The first-order valence-corrected chi connectivity index (χ1v) is 5.80. The summed E-state index contributed by atoms with van der Waals surface area (Å²) < 4.78 is 5.63. The summed E-state index contributed by atoms with van der Waals surface area (Å²) in [4.78, 5) is 0. The molecule has 0 aromatic carbocycles. The normalized spacial score (nSPS) is 25.5. The second kappa shape index (κ2) is 6.43. The molecule has 3 nitrogen and oxygen atoms in total. The topological polar surface area (TPSA) is 47.3 Å². The van der Waals surface area contributed by atoms with E-state index in [0.717, 1.165) is 31.0 Å². The molecule has 1 heterocycles. The van der Waals surface area contributed by atoms with Crippen LogP contribution in [0.5, 0.6) is 0 Å². The van der Waals surface area contributed by atoms with Crippen LogP contribution in [0.2, 0.25) is 0 Å². The van der Waals surface area contributed by atoms with E-state index in [1.54, 1.807) is 0 Å². The van der Waals surface area contributed by atoms with E-state index in [-0.39, 0.29) is 12.1 Å². The zero-order valence-electron chi connectivity index (χ0n) is 7.87. The van der Waals surface area contributed by atoms with E-state index in [1.165, 1.54) is 0 Å². The van der Waals surface area contributed by atoms with E-state index in [2.05, 4.69) is 12.0 Å².